The van der Waals surface area contributed by atoms with E-state index in [1.54, 1.807) is 23.1 Å². The Kier molecular flexibility index (Phi) is 5.13. The van der Waals surface area contributed by atoms with E-state index in [0.29, 0.717) is 12.2 Å². The fraction of sp³-hybridized carbons (Fsp3) is 0.368. The molecular weight excluding hydrogens is 398 g/mol. The van der Waals surface area contributed by atoms with Crippen LogP contribution in [0.25, 0.3) is 10.2 Å². The number of nitrogens with zero attached hydrogens (tertiary/aromatic N) is 2. The summed E-state index contributed by atoms with van der Waals surface area (Å²) >= 11 is 3.37. The van der Waals surface area contributed by atoms with Gasteiger partial charge in [-0.15, -0.1) is 23.1 Å². The number of hydrogen-bond acceptors (Lipinski definition) is 7. The molecule has 1 unspecified atom stereocenters. The van der Waals surface area contributed by atoms with Crippen molar-refractivity contribution in [1.29, 1.82) is 0 Å². The van der Waals surface area contributed by atoms with Crippen LogP contribution in [0.2, 0.25) is 0 Å². The van der Waals surface area contributed by atoms with Gasteiger partial charge in [-0.2, -0.15) is 0 Å². The number of nitrogens with one attached hydrogen (secondary N) is 1. The Bertz CT molecular complexity index is 1080. The van der Waals surface area contributed by atoms with Crippen LogP contribution in [-0.2, 0) is 15.6 Å². The minimum Gasteiger partial charge on any atom is -0.366 e. The van der Waals surface area contributed by atoms with Crippen molar-refractivity contribution < 1.29 is 8.42 Å². The molecule has 1 saturated heterocycles. The zero-order valence-corrected chi connectivity index (χ0v) is 17.7. The molecule has 1 N–H and O–H groups in total. The lowest BCUT2D eigenvalue weighted by Gasteiger charge is -2.14. The average molecular weight is 420 g/mol. The van der Waals surface area contributed by atoms with E-state index in [9.17, 15) is 8.42 Å². The predicted molar refractivity (Wildman–Crippen MR) is 114 cm³/mol. The monoisotopic (exact) mass is 419 g/mol. The molecule has 5 nitrogen and oxygen atoms in total. The summed E-state index contributed by atoms with van der Waals surface area (Å²) < 4.78 is 23.6. The second kappa shape index (κ2) is 7.41. The molecular formula is C19H21N3O2S3. The Morgan fingerprint density at radius 3 is 2.70 bits per heavy atom. The van der Waals surface area contributed by atoms with Crippen LogP contribution in [0.4, 0.5) is 5.82 Å². The number of sulfone groups is 1. The summed E-state index contributed by atoms with van der Waals surface area (Å²) in [6.07, 6.45) is 0.629. The van der Waals surface area contributed by atoms with Gasteiger partial charge >= 0.3 is 0 Å². The van der Waals surface area contributed by atoms with Crippen LogP contribution < -0.4 is 5.32 Å². The molecule has 8 heteroatoms. The van der Waals surface area contributed by atoms with Gasteiger partial charge in [0.15, 0.2) is 9.84 Å². The fourth-order valence-electron chi connectivity index (χ4n) is 3.23. The van der Waals surface area contributed by atoms with E-state index in [0.717, 1.165) is 21.9 Å². The lowest BCUT2D eigenvalue weighted by Crippen LogP contribution is -2.21. The van der Waals surface area contributed by atoms with Crippen LogP contribution in [0.3, 0.4) is 0 Å². The molecule has 0 aliphatic carbocycles. The van der Waals surface area contributed by atoms with Crippen molar-refractivity contribution in [1.82, 2.24) is 9.97 Å². The highest BCUT2D eigenvalue weighted by Gasteiger charge is 2.29. The van der Waals surface area contributed by atoms with Gasteiger partial charge in [-0.25, -0.2) is 18.4 Å². The Morgan fingerprint density at radius 2 is 2.00 bits per heavy atom. The van der Waals surface area contributed by atoms with E-state index in [1.807, 2.05) is 18.2 Å². The summed E-state index contributed by atoms with van der Waals surface area (Å²) in [6.45, 7) is 4.16. The highest BCUT2D eigenvalue weighted by molar-refractivity contribution is 7.98. The van der Waals surface area contributed by atoms with Crippen molar-refractivity contribution >= 4 is 49.0 Å². The molecule has 0 spiro atoms. The molecule has 0 bridgehead atoms. The van der Waals surface area contributed by atoms with Gasteiger partial charge in [0.25, 0.3) is 0 Å². The molecule has 1 aromatic carbocycles. The number of thioether (sulfide) groups is 1. The Hall–Kier alpha value is -1.64. The summed E-state index contributed by atoms with van der Waals surface area (Å²) in [5.41, 5.74) is 1.17. The highest BCUT2D eigenvalue weighted by Crippen LogP contribution is 2.35. The number of thiophene rings is 1. The largest absolute Gasteiger partial charge is 0.366 e. The third kappa shape index (κ3) is 4.12. The van der Waals surface area contributed by atoms with Gasteiger partial charge in [0.1, 0.15) is 16.5 Å². The number of aromatic nitrogens is 2. The Morgan fingerprint density at radius 1 is 1.22 bits per heavy atom. The van der Waals surface area contributed by atoms with E-state index < -0.39 is 9.84 Å². The van der Waals surface area contributed by atoms with Crippen molar-refractivity contribution in [3.63, 3.8) is 0 Å². The molecule has 3 aromatic rings. The maximum Gasteiger partial charge on any atom is 0.152 e. The number of rotatable bonds is 5. The molecule has 4 rings (SSSR count). The first-order valence-corrected chi connectivity index (χ1v) is 12.4. The second-order valence-electron chi connectivity index (χ2n) is 6.80. The van der Waals surface area contributed by atoms with E-state index in [4.69, 9.17) is 9.97 Å². The summed E-state index contributed by atoms with van der Waals surface area (Å²) in [7, 11) is -2.94. The van der Waals surface area contributed by atoms with Crippen LogP contribution >= 0.6 is 23.1 Å². The number of hydrogen-bond donors (Lipinski definition) is 1. The summed E-state index contributed by atoms with van der Waals surface area (Å²) in [5, 5.41) is 4.42. The third-order valence-electron chi connectivity index (χ3n) is 4.76. The normalized spacial score (nSPS) is 18.8. The smallest absolute Gasteiger partial charge is 0.152 e. The fourth-order valence-corrected chi connectivity index (χ4v) is 6.73. The quantitative estimate of drug-likeness (QED) is 0.625. The molecule has 1 atom stereocenters. The zero-order chi connectivity index (χ0) is 19.0. The van der Waals surface area contributed by atoms with Crippen molar-refractivity contribution in [3.8, 4) is 0 Å². The van der Waals surface area contributed by atoms with Gasteiger partial charge < -0.3 is 5.32 Å². The van der Waals surface area contributed by atoms with Gasteiger partial charge in [-0.1, -0.05) is 18.2 Å². The summed E-state index contributed by atoms with van der Waals surface area (Å²) in [5.74, 6) is 2.63. The van der Waals surface area contributed by atoms with Gasteiger partial charge in [0.05, 0.1) is 22.6 Å². The molecule has 1 aliphatic heterocycles. The van der Waals surface area contributed by atoms with E-state index in [1.165, 1.54) is 15.3 Å². The van der Waals surface area contributed by atoms with E-state index in [2.05, 4.69) is 31.3 Å². The molecule has 0 saturated carbocycles. The SMILES string of the molecule is Cc1sc2nc(CSc3ccccc3)nc(NC3CCS(=O)(=O)C3)c2c1C. The average Bonchev–Trinajstić information content (AvgIpc) is 3.12. The predicted octanol–water partition coefficient (Wildman–Crippen LogP) is 4.20. The van der Waals surface area contributed by atoms with Crippen LogP contribution in [0.15, 0.2) is 35.2 Å². The molecule has 0 radical (unpaired) electrons. The zero-order valence-electron chi connectivity index (χ0n) is 15.2. The molecule has 2 aromatic heterocycles. The van der Waals surface area contributed by atoms with Crippen LogP contribution in [0.5, 0.6) is 0 Å². The third-order valence-corrected chi connectivity index (χ3v) is 8.64. The minimum atomic E-state index is -2.94. The summed E-state index contributed by atoms with van der Waals surface area (Å²) in [4.78, 5) is 12.9. The van der Waals surface area contributed by atoms with Crippen LogP contribution in [-0.4, -0.2) is 35.9 Å². The Labute approximate surface area is 167 Å². The first-order valence-electron chi connectivity index (χ1n) is 8.83. The highest BCUT2D eigenvalue weighted by atomic mass is 32.2. The maximum absolute atomic E-state index is 11.8. The molecule has 0 amide bonds. The Balaban J connectivity index is 1.65. The number of fused-ring (bicyclic) bond motifs is 1. The van der Waals surface area contributed by atoms with Gasteiger partial charge in [-0.3, -0.25) is 0 Å². The van der Waals surface area contributed by atoms with E-state index >= 15 is 0 Å². The molecule has 142 valence electrons. The molecule has 1 aliphatic rings. The molecule has 27 heavy (non-hydrogen) atoms. The molecule has 3 heterocycles. The van der Waals surface area contributed by atoms with Gasteiger partial charge in [-0.05, 0) is 38.0 Å². The first kappa shape index (κ1) is 18.7. The number of benzene rings is 1. The van der Waals surface area contributed by atoms with Crippen molar-refractivity contribution in [2.45, 2.75) is 37.0 Å². The van der Waals surface area contributed by atoms with Crippen molar-refractivity contribution in [3.05, 3.63) is 46.6 Å². The second-order valence-corrected chi connectivity index (χ2v) is 11.3. The van der Waals surface area contributed by atoms with Crippen molar-refractivity contribution in [2.24, 2.45) is 0 Å². The first-order chi connectivity index (χ1) is 12.9. The summed E-state index contributed by atoms with van der Waals surface area (Å²) in [6, 6.07) is 10.1. The van der Waals surface area contributed by atoms with E-state index in [-0.39, 0.29) is 17.5 Å². The van der Waals surface area contributed by atoms with Crippen LogP contribution in [0, 0.1) is 13.8 Å². The lowest BCUT2D eigenvalue weighted by atomic mass is 10.2. The standard InChI is InChI=1S/C19H21N3O2S3/c1-12-13(2)26-19-17(12)18(20-14-8-9-27(23,24)11-14)21-16(22-19)10-25-15-6-4-3-5-7-15/h3-7,14H,8-11H2,1-2H3,(H,20,21,22). The van der Waals surface area contributed by atoms with Crippen molar-refractivity contribution in [2.75, 3.05) is 16.8 Å². The molecule has 1 fully saturated rings. The van der Waals surface area contributed by atoms with Crippen LogP contribution in [0.1, 0.15) is 22.7 Å². The van der Waals surface area contributed by atoms with Gasteiger partial charge in [0, 0.05) is 15.8 Å². The topological polar surface area (TPSA) is 72.0 Å². The minimum absolute atomic E-state index is 0.0812. The number of anilines is 1. The lowest BCUT2D eigenvalue weighted by molar-refractivity contribution is 0.602. The number of aryl methyl sites for hydroxylation is 2. The van der Waals surface area contributed by atoms with Gasteiger partial charge in [0.2, 0.25) is 0 Å². The maximum atomic E-state index is 11.8.